The third-order valence-corrected chi connectivity index (χ3v) is 2.43. The number of ketones is 2. The van der Waals surface area contributed by atoms with E-state index in [-0.39, 0.29) is 18.0 Å². The third-order valence-electron chi connectivity index (χ3n) is 2.43. The second kappa shape index (κ2) is 7.74. The first-order valence-corrected chi connectivity index (χ1v) is 5.87. The number of benzene rings is 1. The molecule has 0 saturated heterocycles. The number of carbonyl (C=O) groups excluding carboxylic acids is 2. The summed E-state index contributed by atoms with van der Waals surface area (Å²) in [6.07, 6.45) is 0.792. The first-order chi connectivity index (χ1) is 8.22. The lowest BCUT2D eigenvalue weighted by Crippen LogP contribution is -2.09. The van der Waals surface area contributed by atoms with Crippen molar-refractivity contribution in [3.05, 3.63) is 35.9 Å². The van der Waals surface area contributed by atoms with Crippen LogP contribution in [0.15, 0.2) is 30.3 Å². The monoisotopic (exact) mass is 234 g/mol. The van der Waals surface area contributed by atoms with Crippen LogP contribution in [0.1, 0.15) is 31.7 Å². The quantitative estimate of drug-likeness (QED) is 0.513. The van der Waals surface area contributed by atoms with Gasteiger partial charge in [0, 0.05) is 12.8 Å². The highest BCUT2D eigenvalue weighted by Gasteiger charge is 2.07. The topological polar surface area (TPSA) is 43.4 Å². The van der Waals surface area contributed by atoms with Crippen LogP contribution in [-0.4, -0.2) is 18.2 Å². The van der Waals surface area contributed by atoms with Gasteiger partial charge >= 0.3 is 0 Å². The molecule has 0 fully saturated rings. The average Bonchev–Trinajstić information content (AvgIpc) is 2.36. The summed E-state index contributed by atoms with van der Waals surface area (Å²) < 4.78 is 5.37. The van der Waals surface area contributed by atoms with E-state index < -0.39 is 0 Å². The smallest absolute Gasteiger partial charge is 0.142 e. The lowest BCUT2D eigenvalue weighted by Gasteiger charge is -2.03. The van der Waals surface area contributed by atoms with E-state index in [4.69, 9.17) is 4.74 Å². The zero-order valence-corrected chi connectivity index (χ0v) is 10.1. The molecule has 1 rings (SSSR count). The fourth-order valence-electron chi connectivity index (χ4n) is 1.38. The zero-order chi connectivity index (χ0) is 12.5. The Balaban J connectivity index is 2.12. The molecule has 0 aliphatic heterocycles. The van der Waals surface area contributed by atoms with Gasteiger partial charge in [-0.3, -0.25) is 9.59 Å². The largest absolute Gasteiger partial charge is 0.376 e. The highest BCUT2D eigenvalue weighted by molar-refractivity contribution is 5.98. The molecular weight excluding hydrogens is 216 g/mol. The number of hydrogen-bond acceptors (Lipinski definition) is 3. The van der Waals surface area contributed by atoms with Crippen molar-refractivity contribution in [2.24, 2.45) is 0 Å². The normalized spacial score (nSPS) is 10.2. The van der Waals surface area contributed by atoms with Crippen LogP contribution in [0.4, 0.5) is 0 Å². The molecule has 0 N–H and O–H groups in total. The van der Waals surface area contributed by atoms with Gasteiger partial charge in [0.25, 0.3) is 0 Å². The molecule has 0 atom stereocenters. The second-order valence-electron chi connectivity index (χ2n) is 3.90. The van der Waals surface area contributed by atoms with E-state index in [0.717, 1.165) is 5.56 Å². The number of ether oxygens (including phenoxy) is 1. The first-order valence-electron chi connectivity index (χ1n) is 5.87. The van der Waals surface area contributed by atoms with Crippen molar-refractivity contribution in [3.63, 3.8) is 0 Å². The van der Waals surface area contributed by atoms with Gasteiger partial charge in [-0.1, -0.05) is 37.3 Å². The Morgan fingerprint density at radius 2 is 1.82 bits per heavy atom. The molecule has 0 aliphatic carbocycles. The van der Waals surface area contributed by atoms with Crippen LogP contribution in [0.5, 0.6) is 0 Å². The van der Waals surface area contributed by atoms with Crippen LogP contribution < -0.4 is 0 Å². The maximum Gasteiger partial charge on any atom is 0.142 e. The fraction of sp³-hybridized carbons (Fsp3) is 0.429. The standard InChI is InChI=1S/C14H18O3/c1-2-13(15)10-14(16)8-9-17-11-12-6-4-3-5-7-12/h3-7H,2,8-11H2,1H3. The zero-order valence-electron chi connectivity index (χ0n) is 10.1. The summed E-state index contributed by atoms with van der Waals surface area (Å²) in [5, 5.41) is 0. The SMILES string of the molecule is CCC(=O)CC(=O)CCOCc1ccccc1. The van der Waals surface area contributed by atoms with Gasteiger partial charge in [-0.05, 0) is 5.56 Å². The summed E-state index contributed by atoms with van der Waals surface area (Å²) in [6, 6.07) is 9.79. The van der Waals surface area contributed by atoms with Gasteiger partial charge in [0.1, 0.15) is 11.6 Å². The van der Waals surface area contributed by atoms with E-state index in [1.54, 1.807) is 6.92 Å². The summed E-state index contributed by atoms with van der Waals surface area (Å²) >= 11 is 0. The van der Waals surface area contributed by atoms with Crippen molar-refractivity contribution in [2.75, 3.05) is 6.61 Å². The molecule has 1 aromatic rings. The van der Waals surface area contributed by atoms with Crippen LogP contribution in [0.25, 0.3) is 0 Å². The van der Waals surface area contributed by atoms with E-state index in [1.165, 1.54) is 0 Å². The molecule has 0 amide bonds. The predicted molar refractivity (Wildman–Crippen MR) is 65.6 cm³/mol. The minimum absolute atomic E-state index is 0.00180. The van der Waals surface area contributed by atoms with Gasteiger partial charge in [0.2, 0.25) is 0 Å². The van der Waals surface area contributed by atoms with E-state index in [1.807, 2.05) is 30.3 Å². The van der Waals surface area contributed by atoms with Crippen LogP contribution >= 0.6 is 0 Å². The Bertz CT molecular complexity index is 357. The molecule has 0 unspecified atom stereocenters. The van der Waals surface area contributed by atoms with Gasteiger partial charge in [0.15, 0.2) is 0 Å². The van der Waals surface area contributed by atoms with Crippen molar-refractivity contribution in [1.82, 2.24) is 0 Å². The molecule has 0 saturated carbocycles. The summed E-state index contributed by atoms with van der Waals surface area (Å²) in [6.45, 7) is 2.65. The van der Waals surface area contributed by atoms with Crippen molar-refractivity contribution in [1.29, 1.82) is 0 Å². The molecule has 0 heterocycles. The fourth-order valence-corrected chi connectivity index (χ4v) is 1.38. The van der Waals surface area contributed by atoms with Crippen molar-refractivity contribution in [3.8, 4) is 0 Å². The van der Waals surface area contributed by atoms with Crippen molar-refractivity contribution >= 4 is 11.6 Å². The number of carbonyl (C=O) groups is 2. The summed E-state index contributed by atoms with van der Waals surface area (Å²) in [4.78, 5) is 22.3. The van der Waals surface area contributed by atoms with Gasteiger partial charge in [0.05, 0.1) is 19.6 Å². The molecule has 3 nitrogen and oxygen atoms in total. The molecule has 0 aliphatic rings. The van der Waals surface area contributed by atoms with E-state index in [2.05, 4.69) is 0 Å². The van der Waals surface area contributed by atoms with Gasteiger partial charge in [-0.25, -0.2) is 0 Å². The molecular formula is C14H18O3. The molecule has 3 heteroatoms. The Morgan fingerprint density at radius 3 is 2.47 bits per heavy atom. The van der Waals surface area contributed by atoms with E-state index >= 15 is 0 Å². The molecule has 1 aromatic carbocycles. The number of Topliss-reactive ketones (excluding diaryl/α,β-unsaturated/α-hetero) is 2. The Labute approximate surface area is 102 Å². The first kappa shape index (κ1) is 13.6. The van der Waals surface area contributed by atoms with E-state index in [0.29, 0.717) is 26.1 Å². The van der Waals surface area contributed by atoms with Gasteiger partial charge in [-0.2, -0.15) is 0 Å². The maximum absolute atomic E-state index is 11.3. The van der Waals surface area contributed by atoms with Crippen molar-refractivity contribution in [2.45, 2.75) is 32.8 Å². The predicted octanol–water partition coefficient (Wildman–Crippen LogP) is 2.53. The minimum Gasteiger partial charge on any atom is -0.376 e. The average molecular weight is 234 g/mol. The van der Waals surface area contributed by atoms with Crippen LogP contribution in [0, 0.1) is 0 Å². The Morgan fingerprint density at radius 1 is 1.12 bits per heavy atom. The highest BCUT2D eigenvalue weighted by atomic mass is 16.5. The maximum atomic E-state index is 11.3. The number of rotatable bonds is 8. The molecule has 0 radical (unpaired) electrons. The lowest BCUT2D eigenvalue weighted by atomic mass is 10.1. The van der Waals surface area contributed by atoms with E-state index in [9.17, 15) is 9.59 Å². The molecule has 0 bridgehead atoms. The van der Waals surface area contributed by atoms with Crippen LogP contribution in [-0.2, 0) is 20.9 Å². The Kier molecular flexibility index (Phi) is 6.18. The van der Waals surface area contributed by atoms with Crippen LogP contribution in [0.3, 0.4) is 0 Å². The van der Waals surface area contributed by atoms with Gasteiger partial charge in [-0.15, -0.1) is 0 Å². The Hall–Kier alpha value is -1.48. The highest BCUT2D eigenvalue weighted by Crippen LogP contribution is 2.02. The third kappa shape index (κ3) is 5.97. The van der Waals surface area contributed by atoms with Crippen molar-refractivity contribution < 1.29 is 14.3 Å². The minimum atomic E-state index is -0.0371. The van der Waals surface area contributed by atoms with Crippen LogP contribution in [0.2, 0.25) is 0 Å². The molecule has 92 valence electrons. The molecule has 0 spiro atoms. The second-order valence-corrected chi connectivity index (χ2v) is 3.90. The summed E-state index contributed by atoms with van der Waals surface area (Å²) in [7, 11) is 0. The molecule has 17 heavy (non-hydrogen) atoms. The lowest BCUT2D eigenvalue weighted by molar-refractivity contribution is -0.127. The number of hydrogen-bond donors (Lipinski definition) is 0. The summed E-state index contributed by atoms with van der Waals surface area (Å²) in [5.74, 6) is -0.0389. The molecule has 0 aromatic heterocycles. The summed E-state index contributed by atoms with van der Waals surface area (Å²) in [5.41, 5.74) is 1.09. The van der Waals surface area contributed by atoms with Gasteiger partial charge < -0.3 is 4.74 Å².